The Kier molecular flexibility index (Phi) is 4.86. The summed E-state index contributed by atoms with van der Waals surface area (Å²) in [5.74, 6) is 2.03. The Morgan fingerprint density at radius 1 is 1.30 bits per heavy atom. The Balaban J connectivity index is 1.48. The van der Waals surface area contributed by atoms with Gasteiger partial charge in [-0.3, -0.25) is 4.79 Å². The van der Waals surface area contributed by atoms with Gasteiger partial charge < -0.3 is 9.64 Å². The molecule has 120 valence electrons. The van der Waals surface area contributed by atoms with E-state index in [0.29, 0.717) is 19.6 Å². The number of likely N-dealkylation sites (tertiary alicyclic amines) is 1. The third-order valence-electron chi connectivity index (χ3n) is 4.05. The van der Waals surface area contributed by atoms with E-state index in [1.807, 2.05) is 48.2 Å². The maximum atomic E-state index is 12.3. The number of aromatic nitrogens is 2. The van der Waals surface area contributed by atoms with E-state index in [4.69, 9.17) is 4.74 Å². The molecule has 0 radical (unpaired) electrons. The molecule has 3 rings (SSSR count). The summed E-state index contributed by atoms with van der Waals surface area (Å²) < 4.78 is 5.59. The molecule has 0 saturated carbocycles. The zero-order valence-electron chi connectivity index (χ0n) is 13.3. The fourth-order valence-corrected chi connectivity index (χ4v) is 2.79. The maximum Gasteiger partial charge on any atom is 0.226 e. The van der Waals surface area contributed by atoms with Crippen molar-refractivity contribution in [3.05, 3.63) is 54.1 Å². The number of nitrogens with zero attached hydrogens (tertiary/aromatic N) is 3. The predicted octanol–water partition coefficient (Wildman–Crippen LogP) is 2.57. The van der Waals surface area contributed by atoms with Gasteiger partial charge in [-0.05, 0) is 31.5 Å². The number of para-hydroxylation sites is 1. The minimum Gasteiger partial charge on any atom is -0.493 e. The molecule has 1 amide bonds. The lowest BCUT2D eigenvalue weighted by molar-refractivity contribution is -0.130. The molecule has 1 saturated heterocycles. The summed E-state index contributed by atoms with van der Waals surface area (Å²) in [5.41, 5.74) is 0.969. The molecule has 1 aromatic heterocycles. The predicted molar refractivity (Wildman–Crippen MR) is 87.3 cm³/mol. The summed E-state index contributed by atoms with van der Waals surface area (Å²) >= 11 is 0. The van der Waals surface area contributed by atoms with Crippen LogP contribution in [0.1, 0.15) is 30.3 Å². The molecule has 0 bridgehead atoms. The SMILES string of the molecule is Cc1ccnc([C@H]2CCN(C(=O)CCOc3ccccc3)C2)n1. The van der Waals surface area contributed by atoms with Crippen LogP contribution in [0.15, 0.2) is 42.6 Å². The number of hydrogen-bond donors (Lipinski definition) is 0. The van der Waals surface area contributed by atoms with E-state index in [0.717, 1.165) is 30.2 Å². The Morgan fingerprint density at radius 3 is 2.91 bits per heavy atom. The van der Waals surface area contributed by atoms with E-state index >= 15 is 0 Å². The van der Waals surface area contributed by atoms with E-state index < -0.39 is 0 Å². The number of carbonyl (C=O) groups is 1. The summed E-state index contributed by atoms with van der Waals surface area (Å²) in [4.78, 5) is 23.0. The standard InChI is InChI=1S/C18H21N3O2/c1-14-7-10-19-18(20-14)15-8-11-21(13-15)17(22)9-12-23-16-5-3-2-4-6-16/h2-7,10,15H,8-9,11-13H2,1H3/t15-/m0/s1. The Labute approximate surface area is 136 Å². The van der Waals surface area contributed by atoms with Gasteiger partial charge in [0.05, 0.1) is 13.0 Å². The van der Waals surface area contributed by atoms with E-state index in [1.165, 1.54) is 0 Å². The molecule has 0 aliphatic carbocycles. The monoisotopic (exact) mass is 311 g/mol. The van der Waals surface area contributed by atoms with Gasteiger partial charge >= 0.3 is 0 Å². The molecule has 23 heavy (non-hydrogen) atoms. The fourth-order valence-electron chi connectivity index (χ4n) is 2.79. The normalized spacial score (nSPS) is 17.3. The molecule has 5 heteroatoms. The molecule has 1 aliphatic rings. The van der Waals surface area contributed by atoms with E-state index in [-0.39, 0.29) is 11.8 Å². The number of amides is 1. The van der Waals surface area contributed by atoms with Crippen molar-refractivity contribution in [1.29, 1.82) is 0 Å². The van der Waals surface area contributed by atoms with Gasteiger partial charge in [-0.2, -0.15) is 0 Å². The highest BCUT2D eigenvalue weighted by molar-refractivity contribution is 5.76. The van der Waals surface area contributed by atoms with Crippen LogP contribution in [-0.4, -0.2) is 40.5 Å². The summed E-state index contributed by atoms with van der Waals surface area (Å²) in [7, 11) is 0. The first-order valence-electron chi connectivity index (χ1n) is 7.97. The largest absolute Gasteiger partial charge is 0.493 e. The molecule has 0 N–H and O–H groups in total. The molecule has 0 unspecified atom stereocenters. The quantitative estimate of drug-likeness (QED) is 0.851. The van der Waals surface area contributed by atoms with Crippen molar-refractivity contribution in [2.45, 2.75) is 25.7 Å². The first-order valence-corrected chi connectivity index (χ1v) is 7.97. The summed E-state index contributed by atoms with van der Waals surface area (Å²) in [6, 6.07) is 11.5. The molecular weight excluding hydrogens is 290 g/mol. The van der Waals surface area contributed by atoms with E-state index in [1.54, 1.807) is 6.20 Å². The third-order valence-corrected chi connectivity index (χ3v) is 4.05. The summed E-state index contributed by atoms with van der Waals surface area (Å²) in [5, 5.41) is 0. The molecule has 1 fully saturated rings. The van der Waals surface area contributed by atoms with Gasteiger partial charge in [-0.25, -0.2) is 9.97 Å². The first-order chi connectivity index (χ1) is 11.2. The number of hydrogen-bond acceptors (Lipinski definition) is 4. The van der Waals surface area contributed by atoms with Gasteiger partial charge in [0.2, 0.25) is 5.91 Å². The molecule has 1 aromatic carbocycles. The lowest BCUT2D eigenvalue weighted by Gasteiger charge is -2.16. The lowest BCUT2D eigenvalue weighted by Crippen LogP contribution is -2.29. The van der Waals surface area contributed by atoms with Gasteiger partial charge in [-0.1, -0.05) is 18.2 Å². The molecular formula is C18H21N3O2. The van der Waals surface area contributed by atoms with Gasteiger partial charge in [0.25, 0.3) is 0 Å². The molecule has 1 atom stereocenters. The second kappa shape index (κ2) is 7.22. The van der Waals surface area contributed by atoms with E-state index in [2.05, 4.69) is 9.97 Å². The van der Waals surface area contributed by atoms with Crippen LogP contribution in [0, 0.1) is 6.92 Å². The van der Waals surface area contributed by atoms with Gasteiger partial charge in [0.1, 0.15) is 11.6 Å². The van der Waals surface area contributed by atoms with Crippen LogP contribution in [-0.2, 0) is 4.79 Å². The van der Waals surface area contributed by atoms with Crippen molar-refractivity contribution in [3.63, 3.8) is 0 Å². The van der Waals surface area contributed by atoms with Crippen molar-refractivity contribution in [1.82, 2.24) is 14.9 Å². The second-order valence-corrected chi connectivity index (χ2v) is 5.79. The van der Waals surface area contributed by atoms with Gasteiger partial charge in [0.15, 0.2) is 0 Å². The molecule has 0 spiro atoms. The van der Waals surface area contributed by atoms with Crippen LogP contribution in [0.25, 0.3) is 0 Å². The van der Waals surface area contributed by atoms with Crippen LogP contribution < -0.4 is 4.74 Å². The summed E-state index contributed by atoms with van der Waals surface area (Å²) in [6.07, 6.45) is 3.11. The number of carbonyl (C=O) groups excluding carboxylic acids is 1. The molecule has 2 heterocycles. The van der Waals surface area contributed by atoms with E-state index in [9.17, 15) is 4.79 Å². The first kappa shape index (κ1) is 15.5. The second-order valence-electron chi connectivity index (χ2n) is 5.79. The number of rotatable bonds is 5. The summed E-state index contributed by atoms with van der Waals surface area (Å²) in [6.45, 7) is 3.84. The minimum absolute atomic E-state index is 0.135. The Bertz CT molecular complexity index is 660. The average molecular weight is 311 g/mol. The highest BCUT2D eigenvalue weighted by Gasteiger charge is 2.28. The van der Waals surface area contributed by atoms with Crippen LogP contribution in [0.2, 0.25) is 0 Å². The molecule has 2 aromatic rings. The van der Waals surface area contributed by atoms with Crippen LogP contribution in [0.5, 0.6) is 5.75 Å². The van der Waals surface area contributed by atoms with Gasteiger partial charge in [0, 0.05) is 30.9 Å². The van der Waals surface area contributed by atoms with Gasteiger partial charge in [-0.15, -0.1) is 0 Å². The van der Waals surface area contributed by atoms with Crippen LogP contribution >= 0.6 is 0 Å². The highest BCUT2D eigenvalue weighted by atomic mass is 16.5. The van der Waals surface area contributed by atoms with Crippen LogP contribution in [0.3, 0.4) is 0 Å². The zero-order chi connectivity index (χ0) is 16.1. The Morgan fingerprint density at radius 2 is 2.13 bits per heavy atom. The van der Waals surface area contributed by atoms with Crippen molar-refractivity contribution in [2.75, 3.05) is 19.7 Å². The molecule has 1 aliphatic heterocycles. The lowest BCUT2D eigenvalue weighted by atomic mass is 10.1. The topological polar surface area (TPSA) is 55.3 Å². The average Bonchev–Trinajstić information content (AvgIpc) is 3.06. The van der Waals surface area contributed by atoms with Crippen molar-refractivity contribution >= 4 is 5.91 Å². The van der Waals surface area contributed by atoms with Crippen molar-refractivity contribution in [2.24, 2.45) is 0 Å². The van der Waals surface area contributed by atoms with Crippen LogP contribution in [0.4, 0.5) is 0 Å². The zero-order valence-corrected chi connectivity index (χ0v) is 13.3. The van der Waals surface area contributed by atoms with Crippen molar-refractivity contribution < 1.29 is 9.53 Å². The molecule has 5 nitrogen and oxygen atoms in total. The number of aryl methyl sites for hydroxylation is 1. The Hall–Kier alpha value is -2.43. The minimum atomic E-state index is 0.135. The maximum absolute atomic E-state index is 12.3. The smallest absolute Gasteiger partial charge is 0.226 e. The number of benzene rings is 1. The fraction of sp³-hybridized carbons (Fsp3) is 0.389. The highest BCUT2D eigenvalue weighted by Crippen LogP contribution is 2.25. The van der Waals surface area contributed by atoms with Crippen molar-refractivity contribution in [3.8, 4) is 5.75 Å². The third kappa shape index (κ3) is 4.06. The number of ether oxygens (including phenoxy) is 1.